The number of hydrogen-bond acceptors (Lipinski definition) is 4. The fourth-order valence-electron chi connectivity index (χ4n) is 2.67. The second-order valence-corrected chi connectivity index (χ2v) is 5.33. The number of nitrogens with zero attached hydrogens (tertiary/aromatic N) is 1. The van der Waals surface area contributed by atoms with E-state index < -0.39 is 0 Å². The zero-order valence-corrected chi connectivity index (χ0v) is 13.3. The number of benzene rings is 1. The quantitative estimate of drug-likeness (QED) is 0.710. The summed E-state index contributed by atoms with van der Waals surface area (Å²) < 4.78 is 11.0. The van der Waals surface area contributed by atoms with Crippen molar-refractivity contribution in [3.8, 4) is 0 Å². The normalized spacial score (nSPS) is 15.1. The highest BCUT2D eigenvalue weighted by Gasteiger charge is 2.12. The molecule has 0 radical (unpaired) electrons. The number of rotatable bonds is 9. The summed E-state index contributed by atoms with van der Waals surface area (Å²) in [5, 5.41) is 3.40. The van der Waals surface area contributed by atoms with Gasteiger partial charge in [-0.05, 0) is 44.4 Å². The van der Waals surface area contributed by atoms with Gasteiger partial charge in [-0.1, -0.05) is 12.1 Å². The Morgan fingerprint density at radius 2 is 1.67 bits per heavy atom. The summed E-state index contributed by atoms with van der Waals surface area (Å²) in [5.74, 6) is 0. The number of nitrogens with one attached hydrogen (secondary N) is 1. The minimum Gasteiger partial charge on any atom is -0.372 e. The van der Waals surface area contributed by atoms with E-state index in [0.29, 0.717) is 13.2 Å². The molecule has 4 nitrogen and oxygen atoms in total. The predicted octanol–water partition coefficient (Wildman–Crippen LogP) is 2.78. The first-order chi connectivity index (χ1) is 10.3. The highest BCUT2D eigenvalue weighted by atomic mass is 16.7. The molecule has 0 aliphatic carbocycles. The Labute approximate surface area is 128 Å². The highest BCUT2D eigenvalue weighted by molar-refractivity contribution is 5.48. The van der Waals surface area contributed by atoms with Gasteiger partial charge in [-0.3, -0.25) is 0 Å². The molecule has 0 amide bonds. The van der Waals surface area contributed by atoms with Crippen LogP contribution in [-0.4, -0.2) is 39.1 Å². The van der Waals surface area contributed by atoms with Crippen LogP contribution >= 0.6 is 0 Å². The van der Waals surface area contributed by atoms with E-state index in [0.717, 1.165) is 13.1 Å². The predicted molar refractivity (Wildman–Crippen MR) is 86.6 cm³/mol. The van der Waals surface area contributed by atoms with Gasteiger partial charge in [0.15, 0.2) is 6.29 Å². The van der Waals surface area contributed by atoms with Gasteiger partial charge in [0.05, 0.1) is 0 Å². The molecule has 1 aromatic rings. The van der Waals surface area contributed by atoms with Crippen LogP contribution in [-0.2, 0) is 16.0 Å². The van der Waals surface area contributed by atoms with Crippen LogP contribution in [0.3, 0.4) is 0 Å². The zero-order chi connectivity index (χ0) is 14.9. The van der Waals surface area contributed by atoms with Gasteiger partial charge in [0.1, 0.15) is 0 Å². The summed E-state index contributed by atoms with van der Waals surface area (Å²) in [6.07, 6.45) is 2.49. The minimum absolute atomic E-state index is 0.149. The maximum absolute atomic E-state index is 5.52. The van der Waals surface area contributed by atoms with Crippen LogP contribution in [0.1, 0.15) is 32.3 Å². The van der Waals surface area contributed by atoms with Crippen molar-refractivity contribution in [1.82, 2.24) is 5.32 Å². The fraction of sp³-hybridized carbons (Fsp3) is 0.647. The third-order valence-corrected chi connectivity index (χ3v) is 3.75. The lowest BCUT2D eigenvalue weighted by Gasteiger charge is -2.19. The third-order valence-electron chi connectivity index (χ3n) is 3.75. The Hall–Kier alpha value is -1.10. The van der Waals surface area contributed by atoms with E-state index in [2.05, 4.69) is 34.5 Å². The Morgan fingerprint density at radius 3 is 2.24 bits per heavy atom. The molecule has 0 atom stereocenters. The summed E-state index contributed by atoms with van der Waals surface area (Å²) in [5.41, 5.74) is 2.64. The lowest BCUT2D eigenvalue weighted by molar-refractivity contribution is -0.133. The van der Waals surface area contributed by atoms with Crippen molar-refractivity contribution in [2.45, 2.75) is 39.5 Å². The van der Waals surface area contributed by atoms with Crippen LogP contribution in [0.5, 0.6) is 0 Å². The van der Waals surface area contributed by atoms with E-state index in [1.165, 1.54) is 37.2 Å². The Morgan fingerprint density at radius 1 is 1.05 bits per heavy atom. The highest BCUT2D eigenvalue weighted by Crippen LogP contribution is 2.20. The van der Waals surface area contributed by atoms with Crippen LogP contribution in [0.15, 0.2) is 24.3 Å². The summed E-state index contributed by atoms with van der Waals surface area (Å²) in [6, 6.07) is 8.86. The Balaban J connectivity index is 1.75. The van der Waals surface area contributed by atoms with Crippen LogP contribution in [0.2, 0.25) is 0 Å². The van der Waals surface area contributed by atoms with Crippen molar-refractivity contribution in [1.29, 1.82) is 0 Å². The molecule has 1 fully saturated rings. The van der Waals surface area contributed by atoms with E-state index in [9.17, 15) is 0 Å². The van der Waals surface area contributed by atoms with Gasteiger partial charge in [0.2, 0.25) is 0 Å². The molecular weight excluding hydrogens is 264 g/mol. The average molecular weight is 292 g/mol. The van der Waals surface area contributed by atoms with E-state index in [1.54, 1.807) is 0 Å². The van der Waals surface area contributed by atoms with Crippen molar-refractivity contribution < 1.29 is 9.47 Å². The van der Waals surface area contributed by atoms with Crippen LogP contribution in [0.4, 0.5) is 5.69 Å². The molecule has 4 heteroatoms. The molecule has 21 heavy (non-hydrogen) atoms. The van der Waals surface area contributed by atoms with Crippen molar-refractivity contribution in [2.75, 3.05) is 37.7 Å². The molecule has 0 aromatic heterocycles. The summed E-state index contributed by atoms with van der Waals surface area (Å²) in [7, 11) is 0. The third kappa shape index (κ3) is 5.30. The molecule has 2 rings (SSSR count). The van der Waals surface area contributed by atoms with Crippen LogP contribution < -0.4 is 10.2 Å². The molecular formula is C17H28N2O2. The maximum atomic E-state index is 5.52. The first-order valence-corrected chi connectivity index (χ1v) is 8.11. The van der Waals surface area contributed by atoms with E-state index in [1.807, 2.05) is 13.8 Å². The molecule has 1 heterocycles. The summed E-state index contributed by atoms with van der Waals surface area (Å²) in [6.45, 7) is 9.29. The first kappa shape index (κ1) is 16.3. The maximum Gasteiger partial charge on any atom is 0.169 e. The molecule has 1 N–H and O–H groups in total. The first-order valence-electron chi connectivity index (χ1n) is 8.11. The summed E-state index contributed by atoms with van der Waals surface area (Å²) >= 11 is 0. The van der Waals surface area contributed by atoms with Gasteiger partial charge in [-0.15, -0.1) is 0 Å². The molecule has 0 saturated carbocycles. The fourth-order valence-corrected chi connectivity index (χ4v) is 2.67. The molecule has 1 aliphatic rings. The smallest absolute Gasteiger partial charge is 0.169 e. The van der Waals surface area contributed by atoms with Gasteiger partial charge in [-0.2, -0.15) is 0 Å². The van der Waals surface area contributed by atoms with E-state index in [4.69, 9.17) is 9.47 Å². The van der Waals surface area contributed by atoms with Crippen LogP contribution in [0, 0.1) is 0 Å². The van der Waals surface area contributed by atoms with Crippen LogP contribution in [0.25, 0.3) is 0 Å². The SMILES string of the molecule is CCOC(CNCc1ccc(N2CCCC2)cc1)OCC. The largest absolute Gasteiger partial charge is 0.372 e. The number of hydrogen-bond donors (Lipinski definition) is 1. The monoisotopic (exact) mass is 292 g/mol. The van der Waals surface area contributed by atoms with Gasteiger partial charge in [-0.25, -0.2) is 0 Å². The lowest BCUT2D eigenvalue weighted by Crippen LogP contribution is -2.31. The Bertz CT molecular complexity index is 382. The second kappa shape index (κ2) is 9.03. The standard InChI is InChI=1S/C17H28N2O2/c1-3-20-17(21-4-2)14-18-13-15-7-9-16(10-8-15)19-11-5-6-12-19/h7-10,17-18H,3-6,11-14H2,1-2H3. The molecule has 0 unspecified atom stereocenters. The van der Waals surface area contributed by atoms with Crippen molar-refractivity contribution in [3.05, 3.63) is 29.8 Å². The molecule has 0 spiro atoms. The van der Waals surface area contributed by atoms with Gasteiger partial charge in [0, 0.05) is 45.1 Å². The van der Waals surface area contributed by atoms with Crippen molar-refractivity contribution in [3.63, 3.8) is 0 Å². The van der Waals surface area contributed by atoms with Gasteiger partial charge in [0.25, 0.3) is 0 Å². The summed E-state index contributed by atoms with van der Waals surface area (Å²) in [4.78, 5) is 2.46. The topological polar surface area (TPSA) is 33.7 Å². The van der Waals surface area contributed by atoms with E-state index in [-0.39, 0.29) is 6.29 Å². The molecule has 118 valence electrons. The van der Waals surface area contributed by atoms with Gasteiger partial charge < -0.3 is 19.7 Å². The molecule has 1 aliphatic heterocycles. The second-order valence-electron chi connectivity index (χ2n) is 5.33. The van der Waals surface area contributed by atoms with Crippen molar-refractivity contribution >= 4 is 5.69 Å². The number of anilines is 1. The average Bonchev–Trinajstić information content (AvgIpc) is 3.03. The van der Waals surface area contributed by atoms with Gasteiger partial charge >= 0.3 is 0 Å². The zero-order valence-electron chi connectivity index (χ0n) is 13.3. The molecule has 0 bridgehead atoms. The molecule has 1 aromatic carbocycles. The Kier molecular flexibility index (Phi) is 7.00. The lowest BCUT2D eigenvalue weighted by atomic mass is 10.2. The van der Waals surface area contributed by atoms with Crippen molar-refractivity contribution in [2.24, 2.45) is 0 Å². The minimum atomic E-state index is -0.149. The van der Waals surface area contributed by atoms with E-state index >= 15 is 0 Å². The number of ether oxygens (including phenoxy) is 2. The molecule has 1 saturated heterocycles.